The summed E-state index contributed by atoms with van der Waals surface area (Å²) in [5.74, 6) is -0.600. The van der Waals surface area contributed by atoms with E-state index in [2.05, 4.69) is 24.8 Å². The zero-order chi connectivity index (χ0) is 77.6. The highest BCUT2D eigenvalue weighted by molar-refractivity contribution is 8.14. The number of aliphatic hydroxyl groups excluding tert-OH is 2. The van der Waals surface area contributed by atoms with Crippen molar-refractivity contribution in [2.24, 2.45) is 11.8 Å². The first-order valence-corrected chi connectivity index (χ1v) is 42.3. The Morgan fingerprint density at radius 1 is 0.582 bits per heavy atom. The van der Waals surface area contributed by atoms with Crippen LogP contribution in [0.1, 0.15) is 94.5 Å². The van der Waals surface area contributed by atoms with E-state index in [0.29, 0.717) is 80.8 Å². The molecule has 0 amide bonds. The number of halogens is 11. The number of nitrogens with zero attached hydrogens (tertiary/aromatic N) is 1. The number of H-pyrrole nitrogens is 2. The highest BCUT2D eigenvalue weighted by Crippen LogP contribution is 2.42. The van der Waals surface area contributed by atoms with Gasteiger partial charge in [0.05, 0.1) is 46.7 Å². The number of carboxylic acids is 1. The van der Waals surface area contributed by atoms with E-state index >= 15 is 0 Å². The molecule has 0 bridgehead atoms. The summed E-state index contributed by atoms with van der Waals surface area (Å²) in [5.41, 5.74) is 2.79. The number of alkyl halides is 4. The van der Waals surface area contributed by atoms with Crippen molar-refractivity contribution in [1.82, 2.24) is 9.62 Å². The Kier molecular flexibility index (Phi) is 38.9. The van der Waals surface area contributed by atoms with Crippen LogP contribution in [0.25, 0.3) is 0 Å². The fourth-order valence-corrected chi connectivity index (χ4v) is 16.8. The summed E-state index contributed by atoms with van der Waals surface area (Å²) in [6, 6.07) is 25.3. The monoisotopic (exact) mass is 1780 g/mol. The van der Waals surface area contributed by atoms with Crippen LogP contribution in [0.3, 0.4) is 0 Å². The maximum atomic E-state index is 13.7. The van der Waals surface area contributed by atoms with Gasteiger partial charge in [0.2, 0.25) is 10.0 Å². The van der Waals surface area contributed by atoms with E-state index < -0.39 is 82.2 Å². The SMILES string of the molecule is C1CCOC1.Cl.O=C(O)c1cccc(S(=O)(=O)Cl)c1.O=C(O[C@@H](Cc1c(Cl)c[nH+]cc1Cl)c1ccc(OC(F)F)c(OCC2CC2)c1)[C@@H]1SCCN1S(=O)(=O)c1cccc(CO)c1.O=C(O[C@@H](Cc1c(Cl)c[nH+]cc1Cl)c1ccc(OC(F)F)c(OCC2CC2)c1)[C@H]1NCCS1.O=S(=O)(Cl)c1cccc(CO)c1.[OH-].[OH-]. The van der Waals surface area contributed by atoms with Crippen LogP contribution in [-0.2, 0) is 78.0 Å². The van der Waals surface area contributed by atoms with E-state index in [1.807, 2.05) is 0 Å². The number of rotatable bonds is 27. The molecule has 0 spiro atoms. The average molecular weight is 1780 g/mol. The van der Waals surface area contributed by atoms with Crippen molar-refractivity contribution in [2.75, 3.05) is 51.0 Å². The molecule has 4 atom stereocenters. The van der Waals surface area contributed by atoms with Gasteiger partial charge in [0.25, 0.3) is 18.1 Å². The third-order valence-corrected chi connectivity index (χ3v) is 24.3. The van der Waals surface area contributed by atoms with Gasteiger partial charge in [-0.25, -0.2) is 49.6 Å². The third-order valence-electron chi connectivity index (χ3n) is 16.0. The number of nitrogens with one attached hydrogen (secondary N) is 3. The molecule has 5 aromatic carbocycles. The predicted molar refractivity (Wildman–Crippen MR) is 403 cm³/mol. The Morgan fingerprint density at radius 3 is 1.42 bits per heavy atom. The van der Waals surface area contributed by atoms with Crippen LogP contribution in [0, 0.1) is 11.8 Å². The molecular weight excluding hydrogens is 1710 g/mol. The van der Waals surface area contributed by atoms with Gasteiger partial charge in [-0.15, -0.1) is 35.9 Å². The number of esters is 2. The van der Waals surface area contributed by atoms with Gasteiger partial charge in [0.15, 0.2) is 58.5 Å². The van der Waals surface area contributed by atoms with Crippen LogP contribution in [-0.4, -0.2) is 149 Å². The first kappa shape index (κ1) is 94.6. The molecule has 2 saturated carbocycles. The number of carbonyl (C=O) groups is 3. The molecule has 5 fully saturated rings. The van der Waals surface area contributed by atoms with Crippen LogP contribution in [0.15, 0.2) is 149 Å². The molecule has 110 heavy (non-hydrogen) atoms. The second-order valence-corrected chi connectivity index (χ2v) is 34.9. The first-order chi connectivity index (χ1) is 50.9. The number of aromatic nitrogens is 2. The molecule has 5 aliphatic rings. The quantitative estimate of drug-likeness (QED) is 0.0211. The van der Waals surface area contributed by atoms with Crippen LogP contribution >= 0.6 is 104 Å². The molecule has 25 nitrogen and oxygen atoms in total. The lowest BCUT2D eigenvalue weighted by Gasteiger charge is -2.26. The number of benzene rings is 5. The van der Waals surface area contributed by atoms with E-state index in [1.54, 1.807) is 36.7 Å². The third kappa shape index (κ3) is 29.5. The molecule has 604 valence electrons. The number of aliphatic hydroxyl groups is 2. The van der Waals surface area contributed by atoms with E-state index in [9.17, 15) is 62.3 Å². The van der Waals surface area contributed by atoms with Crippen molar-refractivity contribution in [1.29, 1.82) is 0 Å². The topological polar surface area (TPSA) is 382 Å². The molecule has 5 heterocycles. The largest absolute Gasteiger partial charge is 0.870 e. The number of hydrogen-bond acceptors (Lipinski definition) is 23. The standard InChI is InChI=1S/C29H28Cl2F2N2O7S2.C22H22Cl2F2N2O4S.C7H5ClO4S.C7H7ClO3S.C4H8O.ClH.2H2O/c30-22-13-34-14-23(31)21(22)12-25(19-6-7-24(42-29(32)33)26(11-19)40-16-17-4-5-17)41-28(37)27-35(8-9-43-27)44(38,39)20-3-1-2-18(10-20)15-36;23-15-9-27-10-16(24)14(15)8-18(31-21(29)20-28-5-6-33-20)13-3-4-17(32-22(25)26)19(7-13)30-11-12-1-2-12;8-13(11,12)6-3-1-2-5(4-6)7(9)10;8-12(10,11)7-3-1-2-6(4-7)5-9;1-2-4-5-3-1;;;/h1-3,6-7,10-11,13-14,17,25,27,29,36H,4-5,8-9,12,15-16H2;3-4,7,9-10,12,18,20,22,28H,1-2,5-6,8,11H2;1-4H,(H,9,10);1-4,9H,5H2;1-4H2;1H;2*1H2/t25-,27-;18-,20-;;;;;;/m00....../s1. The lowest BCUT2D eigenvalue weighted by Crippen LogP contribution is -2.40. The normalized spacial score (nSPS) is 16.5. The Bertz CT molecular complexity index is 4500. The molecule has 0 radical (unpaired) electrons. The summed E-state index contributed by atoms with van der Waals surface area (Å²) in [6.45, 7) is -3.13. The van der Waals surface area contributed by atoms with Crippen molar-refractivity contribution >= 4 is 150 Å². The summed E-state index contributed by atoms with van der Waals surface area (Å²) in [6.07, 6.45) is 11.1. The molecule has 7 aromatic rings. The van der Waals surface area contributed by atoms with Crippen LogP contribution in [0.5, 0.6) is 23.0 Å². The van der Waals surface area contributed by atoms with Gasteiger partial charge >= 0.3 is 31.1 Å². The maximum Gasteiger partial charge on any atom is 0.387 e. The fourth-order valence-electron chi connectivity index (χ4n) is 10.1. The van der Waals surface area contributed by atoms with Gasteiger partial charge in [-0.3, -0.25) is 5.32 Å². The molecule has 3 aliphatic heterocycles. The van der Waals surface area contributed by atoms with Gasteiger partial charge in [0.1, 0.15) is 32.3 Å². The Balaban J connectivity index is 0.000000285. The number of hydrogen-bond donors (Lipinski definition) is 4. The number of sulfonamides is 1. The van der Waals surface area contributed by atoms with E-state index in [1.165, 1.54) is 116 Å². The smallest absolute Gasteiger partial charge is 0.387 e. The molecule has 2 aliphatic carbocycles. The van der Waals surface area contributed by atoms with Gasteiger partial charge in [-0.05, 0) is 139 Å². The zero-order valence-electron chi connectivity index (χ0n) is 57.5. The Hall–Kier alpha value is -5.97. The minimum atomic E-state index is -4.13. The van der Waals surface area contributed by atoms with E-state index in [0.717, 1.165) is 66.8 Å². The van der Waals surface area contributed by atoms with Gasteiger partial charge in [-0.1, -0.05) is 88.9 Å². The molecular formula is C69H75Cl7F4N4O21S5. The number of carboxylic acid groups (broad SMARTS) is 1. The Morgan fingerprint density at radius 2 is 1.02 bits per heavy atom. The molecule has 3 saturated heterocycles. The summed E-state index contributed by atoms with van der Waals surface area (Å²) in [4.78, 5) is 42.3. The molecule has 41 heteroatoms. The summed E-state index contributed by atoms with van der Waals surface area (Å²) in [5, 5.41) is 29.4. The molecule has 2 aromatic heterocycles. The number of pyridine rings is 2. The second-order valence-electron chi connectivity index (χ2n) is 23.9. The van der Waals surface area contributed by atoms with Crippen LogP contribution < -0.4 is 34.2 Å². The minimum Gasteiger partial charge on any atom is -0.870 e. The average Bonchev–Trinajstić information content (AvgIpc) is 1.45. The molecule has 12 rings (SSSR count). The molecule has 0 unspecified atom stereocenters. The minimum absolute atomic E-state index is 0. The predicted octanol–water partition coefficient (Wildman–Crippen LogP) is 13.3. The second kappa shape index (κ2) is 45.2. The van der Waals surface area contributed by atoms with Crippen LogP contribution in [0.2, 0.25) is 20.1 Å². The highest BCUT2D eigenvalue weighted by Gasteiger charge is 2.43. The van der Waals surface area contributed by atoms with Crippen molar-refractivity contribution in [3.05, 3.63) is 193 Å². The summed E-state index contributed by atoms with van der Waals surface area (Å²) >= 11 is 28.1. The van der Waals surface area contributed by atoms with Gasteiger partial charge in [0, 0.05) is 83.1 Å². The number of ether oxygens (including phenoxy) is 7. The van der Waals surface area contributed by atoms with Crippen molar-refractivity contribution < 1.29 is 127 Å². The zero-order valence-corrected chi connectivity index (χ0v) is 66.9. The number of aromatic amines is 2. The maximum absolute atomic E-state index is 13.7. The fraction of sp³-hybridized carbons (Fsp3) is 0.377. The lowest BCUT2D eigenvalue weighted by atomic mass is 10.0. The van der Waals surface area contributed by atoms with Gasteiger partial charge in [-0.2, -0.15) is 21.9 Å². The summed E-state index contributed by atoms with van der Waals surface area (Å²) < 4.78 is 161. The number of aromatic carboxylic acids is 1. The van der Waals surface area contributed by atoms with E-state index in [4.69, 9.17) is 102 Å². The molecule has 8 N–H and O–H groups in total. The van der Waals surface area contributed by atoms with Crippen molar-refractivity contribution in [3.63, 3.8) is 0 Å². The Labute approximate surface area is 675 Å². The lowest BCUT2D eigenvalue weighted by molar-refractivity contribution is -0.378. The van der Waals surface area contributed by atoms with Crippen LogP contribution in [0.4, 0.5) is 17.6 Å². The summed E-state index contributed by atoms with van der Waals surface area (Å²) in [7, 11) is -1.56. The van der Waals surface area contributed by atoms with Crippen molar-refractivity contribution in [2.45, 2.75) is 115 Å². The highest BCUT2D eigenvalue weighted by atomic mass is 35.7. The van der Waals surface area contributed by atoms with E-state index in [-0.39, 0.29) is 109 Å². The number of thioether (sulfide) groups is 2. The first-order valence-electron chi connectivity index (χ1n) is 32.6. The van der Waals surface area contributed by atoms with Gasteiger partial charge < -0.3 is 59.4 Å². The number of carbonyl (C=O) groups excluding carboxylic acids is 2. The van der Waals surface area contributed by atoms with Crippen molar-refractivity contribution in [3.8, 4) is 23.0 Å².